The third-order valence-corrected chi connectivity index (χ3v) is 9.18. The Morgan fingerprint density at radius 1 is 0.683 bits per heavy atom. The van der Waals surface area contributed by atoms with E-state index in [1.165, 1.54) is 77.0 Å². The number of ether oxygens (including phenoxy) is 2. The zero-order chi connectivity index (χ0) is 30.6. The van der Waals surface area contributed by atoms with Gasteiger partial charge in [-0.3, -0.25) is 4.55 Å². The molecule has 1 aliphatic rings. The number of quaternary nitrogens is 1. The highest BCUT2D eigenvalue weighted by molar-refractivity contribution is 7.85. The van der Waals surface area contributed by atoms with Gasteiger partial charge in [-0.05, 0) is 25.7 Å². The van der Waals surface area contributed by atoms with Crippen LogP contribution in [0.3, 0.4) is 0 Å². The summed E-state index contributed by atoms with van der Waals surface area (Å²) in [4.78, 5) is 0. The molecule has 6 atom stereocenters. The highest BCUT2D eigenvalue weighted by Gasteiger charge is 2.43. The molecule has 246 valence electrons. The first kappa shape index (κ1) is 38.7. The van der Waals surface area contributed by atoms with E-state index in [9.17, 15) is 28.8 Å². The molecule has 0 aliphatic carbocycles. The van der Waals surface area contributed by atoms with Crippen molar-refractivity contribution in [2.45, 2.75) is 147 Å². The zero-order valence-electron chi connectivity index (χ0n) is 25.9. The largest absolute Gasteiger partial charge is 0.394 e. The maximum absolute atomic E-state index is 11.2. The van der Waals surface area contributed by atoms with E-state index in [1.807, 2.05) is 0 Å². The predicted octanol–water partition coefficient (Wildman–Crippen LogP) is 3.79. The van der Waals surface area contributed by atoms with Crippen molar-refractivity contribution < 1.29 is 47.4 Å². The molecule has 0 aromatic carbocycles. The fourth-order valence-corrected chi connectivity index (χ4v) is 6.15. The van der Waals surface area contributed by atoms with Crippen LogP contribution in [0, 0.1) is 0 Å². The summed E-state index contributed by atoms with van der Waals surface area (Å²) >= 11 is 0. The third kappa shape index (κ3) is 18.1. The zero-order valence-corrected chi connectivity index (χ0v) is 26.7. The molecule has 41 heavy (non-hydrogen) atoms. The first-order chi connectivity index (χ1) is 19.5. The van der Waals surface area contributed by atoms with Crippen molar-refractivity contribution >= 4 is 10.1 Å². The monoisotopic (exact) mass is 612 g/mol. The van der Waals surface area contributed by atoms with Crippen LogP contribution in [-0.4, -0.2) is 114 Å². The van der Waals surface area contributed by atoms with E-state index in [0.29, 0.717) is 23.9 Å². The molecule has 1 rings (SSSR count). The topological polar surface area (TPSA) is 154 Å². The molecule has 0 aromatic heterocycles. The van der Waals surface area contributed by atoms with Crippen LogP contribution in [-0.2, 0) is 19.6 Å². The Labute approximate surface area is 249 Å². The van der Waals surface area contributed by atoms with Crippen molar-refractivity contribution in [1.29, 1.82) is 0 Å². The van der Waals surface area contributed by atoms with Gasteiger partial charge in [-0.15, -0.1) is 0 Å². The van der Waals surface area contributed by atoms with Gasteiger partial charge in [0.1, 0.15) is 24.4 Å². The number of hydrogen-bond donors (Lipinski definition) is 5. The molecule has 1 fully saturated rings. The standard InChI is InChI=1S/C30H61NO9S/c1-3-4-5-6-7-8-9-10-11-12-13-14-15-16-20-31(2,22-19-24-41(36,37)38)21-17-18-23-39-30-29(35)28(34)27(33)26(25-32)40-30/h26-30,32-35H,3-25H2,1-2H3/p+1/t26-,27-,28+,29-,30?,31?/m1/s1. The second-order valence-electron chi connectivity index (χ2n) is 12.3. The third-order valence-electron chi connectivity index (χ3n) is 8.37. The predicted molar refractivity (Wildman–Crippen MR) is 161 cm³/mol. The van der Waals surface area contributed by atoms with Gasteiger partial charge in [-0.2, -0.15) is 8.42 Å². The van der Waals surface area contributed by atoms with Gasteiger partial charge in [0.05, 0.1) is 45.6 Å². The smallest absolute Gasteiger partial charge is 0.265 e. The average molecular weight is 613 g/mol. The van der Waals surface area contributed by atoms with E-state index in [1.54, 1.807) is 0 Å². The van der Waals surface area contributed by atoms with Gasteiger partial charge in [0.15, 0.2) is 6.29 Å². The summed E-state index contributed by atoms with van der Waals surface area (Å²) in [6, 6.07) is 0. The van der Waals surface area contributed by atoms with Crippen LogP contribution in [0.15, 0.2) is 0 Å². The Hall–Kier alpha value is -0.370. The molecular formula is C30H62NO9S+. The molecule has 0 radical (unpaired) electrons. The van der Waals surface area contributed by atoms with Crippen LogP contribution < -0.4 is 0 Å². The highest BCUT2D eigenvalue weighted by Crippen LogP contribution is 2.22. The molecule has 1 heterocycles. The van der Waals surface area contributed by atoms with Gasteiger partial charge >= 0.3 is 0 Å². The highest BCUT2D eigenvalue weighted by atomic mass is 32.2. The molecule has 0 bridgehead atoms. The van der Waals surface area contributed by atoms with Crippen molar-refractivity contribution in [3.05, 3.63) is 0 Å². The Kier molecular flexibility index (Phi) is 20.9. The maximum atomic E-state index is 11.2. The molecule has 0 amide bonds. The summed E-state index contributed by atoms with van der Waals surface area (Å²) in [5.41, 5.74) is 0. The summed E-state index contributed by atoms with van der Waals surface area (Å²) in [5, 5.41) is 39.2. The molecule has 0 spiro atoms. The summed E-state index contributed by atoms with van der Waals surface area (Å²) in [6.07, 6.45) is 13.7. The van der Waals surface area contributed by atoms with E-state index in [-0.39, 0.29) is 12.4 Å². The fourth-order valence-electron chi connectivity index (χ4n) is 5.65. The summed E-state index contributed by atoms with van der Waals surface area (Å²) in [7, 11) is -1.85. The lowest BCUT2D eigenvalue weighted by Gasteiger charge is -2.39. The van der Waals surface area contributed by atoms with Crippen LogP contribution in [0.5, 0.6) is 0 Å². The van der Waals surface area contributed by atoms with Crippen molar-refractivity contribution in [3.8, 4) is 0 Å². The van der Waals surface area contributed by atoms with Gasteiger partial charge in [-0.25, -0.2) is 0 Å². The maximum Gasteiger partial charge on any atom is 0.265 e. The van der Waals surface area contributed by atoms with E-state index in [0.717, 1.165) is 32.4 Å². The quantitative estimate of drug-likeness (QED) is 0.0558. The fraction of sp³-hybridized carbons (Fsp3) is 1.00. The van der Waals surface area contributed by atoms with Crippen molar-refractivity contribution in [3.63, 3.8) is 0 Å². The van der Waals surface area contributed by atoms with Crippen LogP contribution >= 0.6 is 0 Å². The number of hydrogen-bond acceptors (Lipinski definition) is 8. The second-order valence-corrected chi connectivity index (χ2v) is 13.9. The summed E-state index contributed by atoms with van der Waals surface area (Å²) in [5.74, 6) is -0.236. The Balaban J connectivity index is 2.29. The molecule has 1 aliphatic heterocycles. The Morgan fingerprint density at radius 2 is 1.15 bits per heavy atom. The first-order valence-corrected chi connectivity index (χ1v) is 17.8. The lowest BCUT2D eigenvalue weighted by atomic mass is 9.99. The first-order valence-electron chi connectivity index (χ1n) is 16.2. The number of nitrogens with zero attached hydrogens (tertiary/aromatic N) is 1. The average Bonchev–Trinajstić information content (AvgIpc) is 2.92. The van der Waals surface area contributed by atoms with Crippen molar-refractivity contribution in [2.75, 3.05) is 45.6 Å². The van der Waals surface area contributed by atoms with Gasteiger partial charge in [0.2, 0.25) is 0 Å². The van der Waals surface area contributed by atoms with Crippen LogP contribution in [0.4, 0.5) is 0 Å². The minimum atomic E-state index is -3.98. The SMILES string of the molecule is CCCCCCCCCCCCCCCC[N+](C)(CCCCOC1O[C@H](CO)[C@@H](O)[C@H](O)[C@H]1O)CCCS(=O)(=O)O. The van der Waals surface area contributed by atoms with E-state index >= 15 is 0 Å². The van der Waals surface area contributed by atoms with E-state index in [2.05, 4.69) is 14.0 Å². The molecule has 0 saturated carbocycles. The van der Waals surface area contributed by atoms with Gasteiger partial charge in [0, 0.05) is 6.42 Å². The van der Waals surface area contributed by atoms with E-state index in [4.69, 9.17) is 14.0 Å². The minimum absolute atomic E-state index is 0.236. The molecule has 1 saturated heterocycles. The normalized spacial score (nSPS) is 24.9. The second kappa shape index (κ2) is 22.2. The number of unbranched alkanes of at least 4 members (excludes halogenated alkanes) is 14. The molecule has 5 N–H and O–H groups in total. The lowest BCUT2D eigenvalue weighted by Crippen LogP contribution is -2.59. The van der Waals surface area contributed by atoms with Crippen LogP contribution in [0.25, 0.3) is 0 Å². The molecule has 11 heteroatoms. The molecular weight excluding hydrogens is 550 g/mol. The van der Waals surface area contributed by atoms with Gasteiger partial charge in [0.25, 0.3) is 10.1 Å². The molecule has 0 aromatic rings. The van der Waals surface area contributed by atoms with Crippen molar-refractivity contribution in [2.24, 2.45) is 0 Å². The lowest BCUT2D eigenvalue weighted by molar-refractivity contribution is -0.910. The molecule has 10 nitrogen and oxygen atoms in total. The van der Waals surface area contributed by atoms with Gasteiger partial charge < -0.3 is 34.4 Å². The number of aliphatic hydroxyl groups is 4. The van der Waals surface area contributed by atoms with Gasteiger partial charge in [-0.1, -0.05) is 84.0 Å². The van der Waals surface area contributed by atoms with Crippen LogP contribution in [0.1, 0.15) is 116 Å². The molecule has 2 unspecified atom stereocenters. The van der Waals surface area contributed by atoms with Crippen LogP contribution in [0.2, 0.25) is 0 Å². The number of aliphatic hydroxyl groups excluding tert-OH is 4. The Morgan fingerprint density at radius 3 is 1.63 bits per heavy atom. The number of rotatable bonds is 26. The minimum Gasteiger partial charge on any atom is -0.394 e. The van der Waals surface area contributed by atoms with Crippen molar-refractivity contribution in [1.82, 2.24) is 0 Å². The Bertz CT molecular complexity index is 739. The summed E-state index contributed by atoms with van der Waals surface area (Å²) in [6.45, 7) is 4.45. The summed E-state index contributed by atoms with van der Waals surface area (Å²) < 4.78 is 43.3. The van der Waals surface area contributed by atoms with E-state index < -0.39 is 47.4 Å².